The van der Waals surface area contributed by atoms with Gasteiger partial charge in [0.1, 0.15) is 5.82 Å². The molecule has 0 saturated carbocycles. The van der Waals surface area contributed by atoms with Crippen molar-refractivity contribution in [2.75, 3.05) is 12.3 Å². The van der Waals surface area contributed by atoms with Crippen molar-refractivity contribution < 1.29 is 4.79 Å². The van der Waals surface area contributed by atoms with Crippen LogP contribution in [0.3, 0.4) is 0 Å². The zero-order chi connectivity index (χ0) is 13.0. The van der Waals surface area contributed by atoms with Crippen LogP contribution in [-0.4, -0.2) is 44.3 Å². The van der Waals surface area contributed by atoms with Crippen molar-refractivity contribution in [1.29, 1.82) is 0 Å². The van der Waals surface area contributed by atoms with E-state index >= 15 is 0 Å². The Morgan fingerprint density at radius 1 is 1.56 bits per heavy atom. The van der Waals surface area contributed by atoms with Gasteiger partial charge in [-0.05, 0) is 26.2 Å². The molecule has 0 radical (unpaired) electrons. The van der Waals surface area contributed by atoms with Crippen molar-refractivity contribution in [3.63, 3.8) is 0 Å². The van der Waals surface area contributed by atoms with Gasteiger partial charge in [-0.2, -0.15) is 0 Å². The van der Waals surface area contributed by atoms with Gasteiger partial charge < -0.3 is 4.90 Å². The summed E-state index contributed by atoms with van der Waals surface area (Å²) in [6, 6.07) is 0.380. The van der Waals surface area contributed by atoms with Gasteiger partial charge in [0.2, 0.25) is 11.1 Å². The Morgan fingerprint density at radius 2 is 2.39 bits per heavy atom. The second-order valence-corrected chi connectivity index (χ2v) is 5.58. The van der Waals surface area contributed by atoms with Crippen molar-refractivity contribution in [2.45, 2.75) is 50.7 Å². The van der Waals surface area contributed by atoms with Gasteiger partial charge in [0, 0.05) is 19.0 Å². The predicted octanol–water partition coefficient (Wildman–Crippen LogP) is 1.86. The molecule has 1 N–H and O–H groups in total. The fraction of sp³-hybridized carbons (Fsp3) is 0.750. The van der Waals surface area contributed by atoms with Crippen LogP contribution in [-0.2, 0) is 11.2 Å². The molecular formula is C12H20N4OS. The predicted molar refractivity (Wildman–Crippen MR) is 71.5 cm³/mol. The molecule has 1 fully saturated rings. The molecule has 0 bridgehead atoms. The van der Waals surface area contributed by atoms with Crippen molar-refractivity contribution in [1.82, 2.24) is 20.1 Å². The molecule has 1 aromatic rings. The highest BCUT2D eigenvalue weighted by molar-refractivity contribution is 7.99. The summed E-state index contributed by atoms with van der Waals surface area (Å²) in [6.07, 6.45) is 4.32. The van der Waals surface area contributed by atoms with E-state index in [9.17, 15) is 4.79 Å². The summed E-state index contributed by atoms with van der Waals surface area (Å²) in [5.74, 6) is 1.51. The van der Waals surface area contributed by atoms with Crippen LogP contribution in [0.1, 0.15) is 38.9 Å². The van der Waals surface area contributed by atoms with Crippen molar-refractivity contribution in [3.8, 4) is 0 Å². The van der Waals surface area contributed by atoms with Gasteiger partial charge in [-0.1, -0.05) is 18.7 Å². The van der Waals surface area contributed by atoms with Crippen molar-refractivity contribution in [3.05, 3.63) is 5.82 Å². The molecule has 1 aliphatic rings. The zero-order valence-corrected chi connectivity index (χ0v) is 11.8. The highest BCUT2D eigenvalue weighted by atomic mass is 32.2. The largest absolute Gasteiger partial charge is 0.339 e. The van der Waals surface area contributed by atoms with Crippen molar-refractivity contribution >= 4 is 17.7 Å². The summed E-state index contributed by atoms with van der Waals surface area (Å²) in [7, 11) is 0. The number of carbonyl (C=O) groups excluding carboxylic acids is 1. The van der Waals surface area contributed by atoms with E-state index < -0.39 is 0 Å². The molecule has 18 heavy (non-hydrogen) atoms. The number of piperidine rings is 1. The lowest BCUT2D eigenvalue weighted by molar-refractivity contribution is -0.131. The van der Waals surface area contributed by atoms with Crippen LogP contribution in [0.4, 0.5) is 0 Å². The van der Waals surface area contributed by atoms with Crippen LogP contribution in [0.5, 0.6) is 0 Å². The number of aromatic nitrogens is 3. The molecule has 6 heteroatoms. The van der Waals surface area contributed by atoms with E-state index in [1.807, 2.05) is 11.8 Å². The van der Waals surface area contributed by atoms with Gasteiger partial charge in [-0.3, -0.25) is 9.89 Å². The second kappa shape index (κ2) is 6.22. The molecule has 100 valence electrons. The van der Waals surface area contributed by atoms with E-state index in [2.05, 4.69) is 22.1 Å². The topological polar surface area (TPSA) is 61.9 Å². The first-order chi connectivity index (χ1) is 8.70. The molecule has 1 aliphatic heterocycles. The number of H-pyrrole nitrogens is 1. The van der Waals surface area contributed by atoms with E-state index in [1.165, 1.54) is 18.2 Å². The Balaban J connectivity index is 1.83. The Morgan fingerprint density at radius 3 is 3.06 bits per heavy atom. The van der Waals surface area contributed by atoms with Crippen LogP contribution in [0.2, 0.25) is 0 Å². The zero-order valence-electron chi connectivity index (χ0n) is 11.0. The van der Waals surface area contributed by atoms with Gasteiger partial charge in [-0.25, -0.2) is 4.98 Å². The third kappa shape index (κ3) is 3.25. The lowest BCUT2D eigenvalue weighted by Gasteiger charge is -2.33. The van der Waals surface area contributed by atoms with Crippen LogP contribution in [0.25, 0.3) is 0 Å². The summed E-state index contributed by atoms with van der Waals surface area (Å²) < 4.78 is 0. The van der Waals surface area contributed by atoms with E-state index in [1.54, 1.807) is 0 Å². The summed E-state index contributed by atoms with van der Waals surface area (Å²) in [4.78, 5) is 18.4. The minimum absolute atomic E-state index is 0.204. The van der Waals surface area contributed by atoms with Crippen LogP contribution in [0.15, 0.2) is 5.16 Å². The molecule has 1 atom stereocenters. The summed E-state index contributed by atoms with van der Waals surface area (Å²) in [6.45, 7) is 5.05. The number of likely N-dealkylation sites (tertiary alicyclic amines) is 1. The minimum atomic E-state index is 0.204. The quantitative estimate of drug-likeness (QED) is 0.847. The number of nitrogens with zero attached hydrogens (tertiary/aromatic N) is 3. The Bertz CT molecular complexity index is 407. The minimum Gasteiger partial charge on any atom is -0.339 e. The number of nitrogens with one attached hydrogen (secondary N) is 1. The van der Waals surface area contributed by atoms with Crippen LogP contribution >= 0.6 is 11.8 Å². The first-order valence-electron chi connectivity index (χ1n) is 6.54. The molecule has 5 nitrogen and oxygen atoms in total. The first kappa shape index (κ1) is 13.4. The Kier molecular flexibility index (Phi) is 4.63. The Labute approximate surface area is 112 Å². The maximum Gasteiger partial charge on any atom is 0.233 e. The average molecular weight is 268 g/mol. The second-order valence-electron chi connectivity index (χ2n) is 4.64. The number of carbonyl (C=O) groups is 1. The van der Waals surface area contributed by atoms with Gasteiger partial charge in [0.25, 0.3) is 0 Å². The molecule has 1 amide bonds. The van der Waals surface area contributed by atoms with E-state index in [4.69, 9.17) is 0 Å². The molecule has 2 rings (SSSR count). The number of hydrogen-bond acceptors (Lipinski definition) is 4. The highest BCUT2D eigenvalue weighted by Gasteiger charge is 2.23. The van der Waals surface area contributed by atoms with E-state index in [-0.39, 0.29) is 5.91 Å². The van der Waals surface area contributed by atoms with E-state index in [0.29, 0.717) is 17.0 Å². The number of amides is 1. The fourth-order valence-electron chi connectivity index (χ4n) is 2.18. The van der Waals surface area contributed by atoms with Crippen LogP contribution < -0.4 is 0 Å². The van der Waals surface area contributed by atoms with E-state index in [0.717, 1.165) is 31.6 Å². The molecule has 0 aliphatic carbocycles. The average Bonchev–Trinajstić information content (AvgIpc) is 2.84. The lowest BCUT2D eigenvalue weighted by Crippen LogP contribution is -2.42. The lowest BCUT2D eigenvalue weighted by atomic mass is 10.0. The molecule has 2 heterocycles. The molecule has 0 aromatic carbocycles. The SMILES string of the molecule is CCc1nc(SCC(=O)N2CCCCC2C)n[nH]1. The summed E-state index contributed by atoms with van der Waals surface area (Å²) >= 11 is 1.42. The smallest absolute Gasteiger partial charge is 0.233 e. The summed E-state index contributed by atoms with van der Waals surface area (Å²) in [5.41, 5.74) is 0. The third-order valence-corrected chi connectivity index (χ3v) is 4.13. The number of aromatic amines is 1. The van der Waals surface area contributed by atoms with Crippen molar-refractivity contribution in [2.24, 2.45) is 0 Å². The number of thioether (sulfide) groups is 1. The monoisotopic (exact) mass is 268 g/mol. The molecule has 1 aromatic heterocycles. The standard InChI is InChI=1S/C12H20N4OS/c1-3-10-13-12(15-14-10)18-8-11(17)16-7-5-4-6-9(16)2/h9H,3-8H2,1-2H3,(H,13,14,15). The summed E-state index contributed by atoms with van der Waals surface area (Å²) in [5, 5.41) is 7.61. The first-order valence-corrected chi connectivity index (χ1v) is 7.52. The Hall–Kier alpha value is -1.04. The molecule has 0 spiro atoms. The van der Waals surface area contributed by atoms with Gasteiger partial charge in [-0.15, -0.1) is 5.10 Å². The maximum atomic E-state index is 12.1. The molecule has 1 saturated heterocycles. The van der Waals surface area contributed by atoms with Crippen LogP contribution in [0, 0.1) is 0 Å². The molecular weight excluding hydrogens is 248 g/mol. The normalized spacial score (nSPS) is 20.1. The number of hydrogen-bond donors (Lipinski definition) is 1. The number of rotatable bonds is 4. The van der Waals surface area contributed by atoms with Gasteiger partial charge >= 0.3 is 0 Å². The maximum absolute atomic E-state index is 12.1. The third-order valence-electron chi connectivity index (χ3n) is 3.29. The fourth-order valence-corrected chi connectivity index (χ4v) is 2.88. The highest BCUT2D eigenvalue weighted by Crippen LogP contribution is 2.19. The van der Waals surface area contributed by atoms with Gasteiger partial charge in [0.15, 0.2) is 0 Å². The number of aryl methyl sites for hydroxylation is 1. The molecule has 1 unspecified atom stereocenters. The van der Waals surface area contributed by atoms with Gasteiger partial charge in [0.05, 0.1) is 5.75 Å².